The molecule has 0 amide bonds. The number of rotatable bonds is 6. The average Bonchev–Trinajstić information content (AvgIpc) is 2.67. The molecule has 136 valence electrons. The van der Waals surface area contributed by atoms with Gasteiger partial charge in [0.25, 0.3) is 0 Å². The van der Waals surface area contributed by atoms with Crippen molar-refractivity contribution in [2.75, 3.05) is 0 Å². The molecule has 0 spiro atoms. The highest BCUT2D eigenvalue weighted by Gasteiger charge is 2.26. The largest absolute Gasteiger partial charge is 0.294 e. The van der Waals surface area contributed by atoms with Crippen molar-refractivity contribution in [3.05, 3.63) is 106 Å². The minimum absolute atomic E-state index is 0.0324. The van der Waals surface area contributed by atoms with Gasteiger partial charge in [0.2, 0.25) is 0 Å². The minimum atomic E-state index is -0.546. The normalized spacial score (nSPS) is 11.8. The predicted octanol–water partition coefficient (Wildman–Crippen LogP) is 6.20. The van der Waals surface area contributed by atoms with Crippen molar-refractivity contribution < 1.29 is 9.59 Å². The van der Waals surface area contributed by atoms with E-state index in [4.69, 9.17) is 11.6 Å². The second-order valence-corrected chi connectivity index (χ2v) is 7.16. The van der Waals surface area contributed by atoms with Crippen LogP contribution in [0.5, 0.6) is 0 Å². The number of Topliss-reactive ketones (excluding diaryl/α,β-unsaturated/α-hetero) is 2. The molecule has 0 aliphatic rings. The molecule has 0 aromatic heterocycles. The van der Waals surface area contributed by atoms with E-state index in [1.807, 2.05) is 74.5 Å². The summed E-state index contributed by atoms with van der Waals surface area (Å²) in [5.41, 5.74) is 3.93. The van der Waals surface area contributed by atoms with E-state index in [2.05, 4.69) is 0 Å². The summed E-state index contributed by atoms with van der Waals surface area (Å²) >= 11 is 6.01. The maximum Gasteiger partial charge on any atom is 0.171 e. The summed E-state index contributed by atoms with van der Waals surface area (Å²) in [5, 5.41) is 0.603. The standard InChI is InChI=1S/C24H21ClO2/c1-16-7-3-5-9-20(16)23(26)15-22(18-11-13-19(25)14-12-18)24(27)21-10-6-4-8-17(21)2/h3-14,22H,15H2,1-2H3. The quantitative estimate of drug-likeness (QED) is 0.480. The van der Waals surface area contributed by atoms with Crippen molar-refractivity contribution >= 4 is 23.2 Å². The fourth-order valence-electron chi connectivity index (χ4n) is 3.28. The number of benzene rings is 3. The van der Waals surface area contributed by atoms with Gasteiger partial charge in [-0.05, 0) is 42.7 Å². The van der Waals surface area contributed by atoms with E-state index < -0.39 is 5.92 Å². The molecule has 3 rings (SSSR count). The molecule has 0 aliphatic heterocycles. The fraction of sp³-hybridized carbons (Fsp3) is 0.167. The van der Waals surface area contributed by atoms with Crippen LogP contribution in [0.25, 0.3) is 0 Å². The lowest BCUT2D eigenvalue weighted by atomic mass is 9.84. The van der Waals surface area contributed by atoms with Crippen LogP contribution in [0.4, 0.5) is 0 Å². The molecule has 27 heavy (non-hydrogen) atoms. The first-order valence-electron chi connectivity index (χ1n) is 8.91. The Hall–Kier alpha value is -2.71. The van der Waals surface area contributed by atoms with Gasteiger partial charge >= 0.3 is 0 Å². The third kappa shape index (κ3) is 4.35. The molecule has 0 saturated carbocycles. The topological polar surface area (TPSA) is 34.1 Å². The van der Waals surface area contributed by atoms with Gasteiger partial charge in [-0.3, -0.25) is 9.59 Å². The van der Waals surface area contributed by atoms with Gasteiger partial charge < -0.3 is 0 Å². The zero-order chi connectivity index (χ0) is 19.4. The van der Waals surface area contributed by atoms with E-state index in [0.717, 1.165) is 16.7 Å². The molecular weight excluding hydrogens is 356 g/mol. The summed E-state index contributed by atoms with van der Waals surface area (Å²) in [6.45, 7) is 3.82. The molecule has 0 bridgehead atoms. The molecule has 0 radical (unpaired) electrons. The van der Waals surface area contributed by atoms with Crippen LogP contribution in [0.1, 0.15) is 49.7 Å². The number of hydrogen-bond donors (Lipinski definition) is 0. The van der Waals surface area contributed by atoms with E-state index in [1.54, 1.807) is 12.1 Å². The molecule has 1 atom stereocenters. The summed E-state index contributed by atoms with van der Waals surface area (Å²) in [5.74, 6) is -0.622. The highest BCUT2D eigenvalue weighted by atomic mass is 35.5. The second kappa shape index (κ2) is 8.32. The summed E-state index contributed by atoms with van der Waals surface area (Å²) in [4.78, 5) is 26.3. The first kappa shape index (κ1) is 19.1. The zero-order valence-electron chi connectivity index (χ0n) is 15.4. The van der Waals surface area contributed by atoms with Crippen molar-refractivity contribution in [1.82, 2.24) is 0 Å². The first-order chi connectivity index (χ1) is 13.0. The van der Waals surface area contributed by atoms with Gasteiger partial charge in [0.15, 0.2) is 11.6 Å². The van der Waals surface area contributed by atoms with Crippen LogP contribution in [-0.4, -0.2) is 11.6 Å². The van der Waals surface area contributed by atoms with Crippen molar-refractivity contribution in [3.63, 3.8) is 0 Å². The van der Waals surface area contributed by atoms with E-state index in [1.165, 1.54) is 0 Å². The molecule has 1 unspecified atom stereocenters. The highest BCUT2D eigenvalue weighted by molar-refractivity contribution is 6.30. The third-order valence-corrected chi connectivity index (χ3v) is 5.09. The van der Waals surface area contributed by atoms with Crippen molar-refractivity contribution in [2.24, 2.45) is 0 Å². The van der Waals surface area contributed by atoms with E-state index >= 15 is 0 Å². The van der Waals surface area contributed by atoms with Crippen LogP contribution >= 0.6 is 11.6 Å². The third-order valence-electron chi connectivity index (χ3n) is 4.83. The average molecular weight is 377 g/mol. The Morgan fingerprint density at radius 1 is 0.778 bits per heavy atom. The number of carbonyl (C=O) groups excluding carboxylic acids is 2. The van der Waals surface area contributed by atoms with Crippen molar-refractivity contribution in [1.29, 1.82) is 0 Å². The van der Waals surface area contributed by atoms with Gasteiger partial charge in [-0.25, -0.2) is 0 Å². The Labute approximate surface area is 164 Å². The second-order valence-electron chi connectivity index (χ2n) is 6.73. The Balaban J connectivity index is 1.99. The molecule has 0 heterocycles. The Morgan fingerprint density at radius 3 is 1.85 bits per heavy atom. The van der Waals surface area contributed by atoms with Gasteiger partial charge in [-0.2, -0.15) is 0 Å². The lowest BCUT2D eigenvalue weighted by Crippen LogP contribution is -2.18. The Kier molecular flexibility index (Phi) is 5.88. The smallest absolute Gasteiger partial charge is 0.171 e. The summed E-state index contributed by atoms with van der Waals surface area (Å²) in [7, 11) is 0. The zero-order valence-corrected chi connectivity index (χ0v) is 16.2. The number of aryl methyl sites for hydroxylation is 2. The lowest BCUT2D eigenvalue weighted by molar-refractivity contribution is 0.0892. The van der Waals surface area contributed by atoms with Gasteiger partial charge in [-0.15, -0.1) is 0 Å². The Morgan fingerprint density at radius 2 is 1.30 bits per heavy atom. The Bertz CT molecular complexity index is 974. The van der Waals surface area contributed by atoms with Crippen LogP contribution in [0.15, 0.2) is 72.8 Å². The summed E-state index contributed by atoms with van der Waals surface area (Å²) < 4.78 is 0. The van der Waals surface area contributed by atoms with E-state index in [-0.39, 0.29) is 18.0 Å². The SMILES string of the molecule is Cc1ccccc1C(=O)CC(C(=O)c1ccccc1C)c1ccc(Cl)cc1. The van der Waals surface area contributed by atoms with Crippen LogP contribution in [0.2, 0.25) is 5.02 Å². The number of ketones is 2. The summed E-state index contributed by atoms with van der Waals surface area (Å²) in [6, 6.07) is 22.1. The first-order valence-corrected chi connectivity index (χ1v) is 9.29. The monoisotopic (exact) mass is 376 g/mol. The molecule has 0 fully saturated rings. The maximum absolute atomic E-state index is 13.3. The van der Waals surface area contributed by atoms with Gasteiger partial charge in [0.05, 0.1) is 5.92 Å². The maximum atomic E-state index is 13.3. The van der Waals surface area contributed by atoms with Gasteiger partial charge in [-0.1, -0.05) is 72.3 Å². The number of carbonyl (C=O) groups is 2. The highest BCUT2D eigenvalue weighted by Crippen LogP contribution is 2.29. The lowest BCUT2D eigenvalue weighted by Gasteiger charge is -2.18. The number of halogens is 1. The van der Waals surface area contributed by atoms with E-state index in [0.29, 0.717) is 16.1 Å². The van der Waals surface area contributed by atoms with Gasteiger partial charge in [0.1, 0.15) is 0 Å². The molecular formula is C24H21ClO2. The van der Waals surface area contributed by atoms with Crippen LogP contribution in [0.3, 0.4) is 0 Å². The van der Waals surface area contributed by atoms with Crippen molar-refractivity contribution in [2.45, 2.75) is 26.2 Å². The van der Waals surface area contributed by atoms with Crippen LogP contribution in [-0.2, 0) is 0 Å². The van der Waals surface area contributed by atoms with Crippen LogP contribution in [0, 0.1) is 13.8 Å². The predicted molar refractivity (Wildman–Crippen MR) is 110 cm³/mol. The molecule has 0 saturated heterocycles. The summed E-state index contributed by atoms with van der Waals surface area (Å²) in [6.07, 6.45) is 0.125. The molecule has 2 nitrogen and oxygen atoms in total. The molecule has 0 N–H and O–H groups in total. The number of hydrogen-bond acceptors (Lipinski definition) is 2. The molecule has 3 aromatic rings. The van der Waals surface area contributed by atoms with E-state index in [9.17, 15) is 9.59 Å². The van der Waals surface area contributed by atoms with Gasteiger partial charge in [0, 0.05) is 22.6 Å². The molecule has 3 aromatic carbocycles. The minimum Gasteiger partial charge on any atom is -0.294 e. The fourth-order valence-corrected chi connectivity index (χ4v) is 3.40. The molecule has 3 heteroatoms. The molecule has 0 aliphatic carbocycles. The van der Waals surface area contributed by atoms with Crippen molar-refractivity contribution in [3.8, 4) is 0 Å². The van der Waals surface area contributed by atoms with Crippen LogP contribution < -0.4 is 0 Å².